The average Bonchev–Trinajstić information content (AvgIpc) is 3.26. The lowest BCUT2D eigenvalue weighted by molar-refractivity contribution is -0.132. The molecule has 0 aliphatic heterocycles. The van der Waals surface area contributed by atoms with E-state index in [2.05, 4.69) is 43.5 Å². The second kappa shape index (κ2) is 49.8. The zero-order valence-electron chi connectivity index (χ0n) is 40.9. The average molecular weight is 862 g/mol. The minimum Gasteiger partial charge on any atom is -0.394 e. The number of aliphatic hydroxyl groups excluding tert-OH is 4. The van der Waals surface area contributed by atoms with Crippen LogP contribution in [0.15, 0.2) is 24.3 Å². The molecule has 6 nitrogen and oxygen atoms in total. The van der Waals surface area contributed by atoms with Crippen molar-refractivity contribution in [3.63, 3.8) is 0 Å². The van der Waals surface area contributed by atoms with Gasteiger partial charge in [0.2, 0.25) is 5.91 Å². The minimum atomic E-state index is -1.29. The maximum Gasteiger partial charge on any atom is 0.249 e. The Hall–Kier alpha value is -1.21. The molecule has 0 saturated carbocycles. The van der Waals surface area contributed by atoms with Crippen molar-refractivity contribution in [2.75, 3.05) is 6.61 Å². The van der Waals surface area contributed by atoms with Gasteiger partial charge in [0.05, 0.1) is 18.8 Å². The number of carbonyl (C=O) groups is 1. The van der Waals surface area contributed by atoms with Crippen LogP contribution in [0.4, 0.5) is 0 Å². The summed E-state index contributed by atoms with van der Waals surface area (Å²) in [7, 11) is 0. The van der Waals surface area contributed by atoms with Crippen molar-refractivity contribution in [1.29, 1.82) is 0 Å². The zero-order chi connectivity index (χ0) is 44.5. The molecule has 0 aromatic carbocycles. The number of hydrogen-bond donors (Lipinski definition) is 5. The van der Waals surface area contributed by atoms with Crippen LogP contribution < -0.4 is 5.32 Å². The third kappa shape index (κ3) is 43.8. The first-order chi connectivity index (χ1) is 30.0. The third-order valence-electron chi connectivity index (χ3n) is 12.9. The minimum absolute atomic E-state index is 0.364. The first kappa shape index (κ1) is 59.8. The number of aliphatic hydroxyl groups is 4. The molecular formula is C55H107NO5. The molecule has 5 N–H and O–H groups in total. The highest BCUT2D eigenvalue weighted by molar-refractivity contribution is 5.80. The molecule has 0 aromatic heterocycles. The molecule has 0 aromatic rings. The molecule has 0 aliphatic carbocycles. The van der Waals surface area contributed by atoms with Gasteiger partial charge in [-0.25, -0.2) is 0 Å². The molecular weight excluding hydrogens is 755 g/mol. The van der Waals surface area contributed by atoms with Gasteiger partial charge in [-0.2, -0.15) is 0 Å². The van der Waals surface area contributed by atoms with Crippen LogP contribution in [0.1, 0.15) is 290 Å². The first-order valence-electron chi connectivity index (χ1n) is 27.2. The second-order valence-corrected chi connectivity index (χ2v) is 18.9. The fourth-order valence-electron chi connectivity index (χ4n) is 8.60. The Labute approximate surface area is 380 Å². The summed E-state index contributed by atoms with van der Waals surface area (Å²) in [5, 5.41) is 43.7. The highest BCUT2D eigenvalue weighted by Gasteiger charge is 2.28. The molecule has 61 heavy (non-hydrogen) atoms. The van der Waals surface area contributed by atoms with Crippen LogP contribution in [-0.4, -0.2) is 57.3 Å². The molecule has 0 heterocycles. The highest BCUT2D eigenvalue weighted by atomic mass is 16.3. The van der Waals surface area contributed by atoms with Crippen molar-refractivity contribution in [1.82, 2.24) is 5.32 Å². The van der Waals surface area contributed by atoms with Crippen LogP contribution in [0, 0.1) is 0 Å². The largest absolute Gasteiger partial charge is 0.394 e. The van der Waals surface area contributed by atoms with E-state index in [1.54, 1.807) is 0 Å². The van der Waals surface area contributed by atoms with E-state index in [1.807, 2.05) is 0 Å². The molecule has 0 spiro atoms. The van der Waals surface area contributed by atoms with Crippen molar-refractivity contribution < 1.29 is 25.2 Å². The van der Waals surface area contributed by atoms with Crippen LogP contribution >= 0.6 is 0 Å². The van der Waals surface area contributed by atoms with Crippen molar-refractivity contribution in [2.45, 2.75) is 314 Å². The summed E-state index contributed by atoms with van der Waals surface area (Å²) in [4.78, 5) is 12.5. The maximum atomic E-state index is 12.5. The van der Waals surface area contributed by atoms with E-state index < -0.39 is 36.9 Å². The van der Waals surface area contributed by atoms with Crippen LogP contribution in [0.2, 0.25) is 0 Å². The number of hydrogen-bond acceptors (Lipinski definition) is 5. The van der Waals surface area contributed by atoms with Crippen LogP contribution in [0.25, 0.3) is 0 Å². The van der Waals surface area contributed by atoms with E-state index in [-0.39, 0.29) is 0 Å². The summed E-state index contributed by atoms with van der Waals surface area (Å²) in [5.74, 6) is -0.594. The number of rotatable bonds is 50. The maximum absolute atomic E-state index is 12.5. The second-order valence-electron chi connectivity index (χ2n) is 18.9. The van der Waals surface area contributed by atoms with Gasteiger partial charge >= 0.3 is 0 Å². The lowest BCUT2D eigenvalue weighted by atomic mass is 10.00. The van der Waals surface area contributed by atoms with Gasteiger partial charge in [0.25, 0.3) is 0 Å². The summed E-state index contributed by atoms with van der Waals surface area (Å²) in [5.41, 5.74) is 0. The standard InChI is InChI=1S/C55H107NO5/c1-3-5-7-9-11-13-15-17-18-19-20-21-22-23-24-25-26-27-28-29-30-31-32-33-34-35-37-39-41-43-45-47-49-53(59)55(61)56-51(50-57)54(60)52(58)48-46-44-42-40-38-36-16-14-12-10-8-6-4-2/h14,16,40,42,51-54,57-60H,3-13,15,17-39,41,43-50H2,1-2H3,(H,56,61)/b16-14+,42-40+. The van der Waals surface area contributed by atoms with Gasteiger partial charge in [0.1, 0.15) is 12.2 Å². The zero-order valence-corrected chi connectivity index (χ0v) is 40.9. The number of nitrogens with one attached hydrogen (secondary N) is 1. The summed E-state index contributed by atoms with van der Waals surface area (Å²) < 4.78 is 0. The Bertz CT molecular complexity index is 924. The van der Waals surface area contributed by atoms with E-state index in [0.29, 0.717) is 19.3 Å². The number of amides is 1. The topological polar surface area (TPSA) is 110 Å². The monoisotopic (exact) mass is 862 g/mol. The normalized spacial score (nSPS) is 14.0. The Kier molecular flexibility index (Phi) is 48.8. The van der Waals surface area contributed by atoms with Crippen molar-refractivity contribution in [3.8, 4) is 0 Å². The highest BCUT2D eigenvalue weighted by Crippen LogP contribution is 2.18. The molecule has 0 fully saturated rings. The van der Waals surface area contributed by atoms with Gasteiger partial charge < -0.3 is 25.7 Å². The smallest absolute Gasteiger partial charge is 0.249 e. The molecule has 0 rings (SSSR count). The van der Waals surface area contributed by atoms with E-state index in [4.69, 9.17) is 0 Å². The van der Waals surface area contributed by atoms with Crippen LogP contribution in [0.3, 0.4) is 0 Å². The van der Waals surface area contributed by atoms with Gasteiger partial charge in [-0.15, -0.1) is 0 Å². The van der Waals surface area contributed by atoms with Gasteiger partial charge in [-0.3, -0.25) is 4.79 Å². The van der Waals surface area contributed by atoms with E-state index >= 15 is 0 Å². The number of allylic oxidation sites excluding steroid dienone is 4. The molecule has 0 aliphatic rings. The molecule has 0 radical (unpaired) electrons. The SMILES string of the molecule is CCCCCC/C=C/CC/C=C/CCCC(O)C(O)C(CO)NC(=O)C(O)CCCCCCCCCCCCCCCCCCCCCCCCCCCCCCCCCC. The molecule has 6 heteroatoms. The molecule has 0 saturated heterocycles. The third-order valence-corrected chi connectivity index (χ3v) is 12.9. The Balaban J connectivity index is 3.55. The summed E-state index contributed by atoms with van der Waals surface area (Å²) >= 11 is 0. The van der Waals surface area contributed by atoms with Gasteiger partial charge in [0.15, 0.2) is 0 Å². The van der Waals surface area contributed by atoms with Crippen molar-refractivity contribution in [2.24, 2.45) is 0 Å². The first-order valence-corrected chi connectivity index (χ1v) is 27.2. The summed E-state index contributed by atoms with van der Waals surface area (Å²) in [6, 6.07) is -1.00. The van der Waals surface area contributed by atoms with Gasteiger partial charge in [-0.1, -0.05) is 263 Å². The van der Waals surface area contributed by atoms with E-state index in [9.17, 15) is 25.2 Å². The summed E-state index contributed by atoms with van der Waals surface area (Å²) in [6.07, 6.45) is 59.8. The van der Waals surface area contributed by atoms with Crippen molar-refractivity contribution >= 4 is 5.91 Å². The number of carbonyl (C=O) groups excluding carboxylic acids is 1. The Morgan fingerprint density at radius 2 is 0.689 bits per heavy atom. The van der Waals surface area contributed by atoms with E-state index in [1.165, 1.54) is 212 Å². The molecule has 4 atom stereocenters. The fraction of sp³-hybridized carbons (Fsp3) is 0.909. The molecule has 1 amide bonds. The molecule has 0 bridgehead atoms. The lowest BCUT2D eigenvalue weighted by Crippen LogP contribution is -2.53. The predicted octanol–water partition coefficient (Wildman–Crippen LogP) is 15.5. The predicted molar refractivity (Wildman–Crippen MR) is 265 cm³/mol. The lowest BCUT2D eigenvalue weighted by Gasteiger charge is -2.27. The van der Waals surface area contributed by atoms with Gasteiger partial charge in [0, 0.05) is 0 Å². The van der Waals surface area contributed by atoms with Crippen LogP contribution in [-0.2, 0) is 4.79 Å². The molecule has 4 unspecified atom stereocenters. The Morgan fingerprint density at radius 1 is 0.393 bits per heavy atom. The van der Waals surface area contributed by atoms with E-state index in [0.717, 1.165) is 44.9 Å². The summed E-state index contributed by atoms with van der Waals surface area (Å²) in [6.45, 7) is 4.03. The van der Waals surface area contributed by atoms with Crippen LogP contribution in [0.5, 0.6) is 0 Å². The Morgan fingerprint density at radius 3 is 1.03 bits per heavy atom. The molecule has 362 valence electrons. The van der Waals surface area contributed by atoms with Gasteiger partial charge in [-0.05, 0) is 51.4 Å². The van der Waals surface area contributed by atoms with Crippen molar-refractivity contribution in [3.05, 3.63) is 24.3 Å². The number of unbranched alkanes of at least 4 members (excludes halogenated alkanes) is 37. The quantitative estimate of drug-likeness (QED) is 0.0309. The fourth-order valence-corrected chi connectivity index (χ4v) is 8.60.